The molecule has 4 amide bonds. The van der Waals surface area contributed by atoms with E-state index in [1.807, 2.05) is 53.2 Å². The van der Waals surface area contributed by atoms with E-state index in [-0.39, 0.29) is 36.6 Å². The molecule has 1 fully saturated rings. The minimum absolute atomic E-state index is 0.126. The molecule has 2 atom stereocenters. The second-order valence-electron chi connectivity index (χ2n) is 10.7. The highest BCUT2D eigenvalue weighted by Crippen LogP contribution is 2.39. The Hall–Kier alpha value is -4.67. The van der Waals surface area contributed by atoms with Crippen molar-refractivity contribution in [1.29, 1.82) is 0 Å². The Kier molecular flexibility index (Phi) is 7.08. The van der Waals surface area contributed by atoms with Gasteiger partial charge in [0.05, 0.1) is 12.2 Å². The molecule has 10 heteroatoms. The van der Waals surface area contributed by atoms with Crippen LogP contribution in [-0.4, -0.2) is 51.5 Å². The highest BCUT2D eigenvalue weighted by Gasteiger charge is 2.51. The van der Waals surface area contributed by atoms with Gasteiger partial charge in [-0.1, -0.05) is 54.6 Å². The fraction of sp³-hybridized carbons (Fsp3) is 0.182. The van der Waals surface area contributed by atoms with Crippen LogP contribution < -0.4 is 10.2 Å². The lowest BCUT2D eigenvalue weighted by molar-refractivity contribution is -0.143. The number of urea groups is 1. The molecule has 2 aliphatic rings. The third-order valence-electron chi connectivity index (χ3n) is 8.09. The lowest BCUT2D eigenvalue weighted by atomic mass is 9.96. The zero-order chi connectivity index (χ0) is 29.5. The Morgan fingerprint density at radius 2 is 1.67 bits per heavy atom. The van der Waals surface area contributed by atoms with Crippen LogP contribution in [0.5, 0.6) is 5.75 Å². The van der Waals surface area contributed by atoms with E-state index in [4.69, 9.17) is 0 Å². The molecule has 43 heavy (non-hydrogen) atoms. The monoisotopic (exact) mass is 608 g/mol. The van der Waals surface area contributed by atoms with Gasteiger partial charge in [0.2, 0.25) is 5.91 Å². The second kappa shape index (κ2) is 11.2. The Labute approximate surface area is 256 Å². The molecule has 2 N–H and O–H groups in total. The Bertz CT molecular complexity index is 1820. The molecule has 5 aromatic rings. The van der Waals surface area contributed by atoms with Gasteiger partial charge in [-0.3, -0.25) is 14.5 Å². The number of rotatable bonds is 6. The summed E-state index contributed by atoms with van der Waals surface area (Å²) in [5.41, 5.74) is 3.34. The Morgan fingerprint density at radius 3 is 2.49 bits per heavy atom. The summed E-state index contributed by atoms with van der Waals surface area (Å²) in [6.07, 6.45) is -0.451. The number of phenolic OH excluding ortho intramolecular Hbond substituents is 1. The van der Waals surface area contributed by atoms with Crippen LogP contribution in [0.1, 0.15) is 26.4 Å². The Morgan fingerprint density at radius 1 is 0.884 bits per heavy atom. The van der Waals surface area contributed by atoms with Crippen molar-refractivity contribution < 1.29 is 19.5 Å². The molecule has 216 valence electrons. The SMILES string of the molecule is O=C1C(Cc2ccc(O)cc2)N2C(=O)c3sccc3N(C(=O)NCc3ccccc3)C2CN1Cc1cccc2sccc12. The van der Waals surface area contributed by atoms with Crippen molar-refractivity contribution in [2.45, 2.75) is 31.7 Å². The van der Waals surface area contributed by atoms with Crippen LogP contribution in [0.2, 0.25) is 0 Å². The van der Waals surface area contributed by atoms with E-state index >= 15 is 0 Å². The van der Waals surface area contributed by atoms with Gasteiger partial charge in [0.1, 0.15) is 22.8 Å². The summed E-state index contributed by atoms with van der Waals surface area (Å²) in [4.78, 5) is 47.7. The predicted octanol–water partition coefficient (Wildman–Crippen LogP) is 5.82. The van der Waals surface area contributed by atoms with E-state index in [0.29, 0.717) is 23.7 Å². The highest BCUT2D eigenvalue weighted by atomic mass is 32.1. The number of thiophene rings is 2. The van der Waals surface area contributed by atoms with Crippen LogP contribution in [0.25, 0.3) is 10.1 Å². The average Bonchev–Trinajstić information content (AvgIpc) is 3.71. The second-order valence-corrected chi connectivity index (χ2v) is 12.6. The van der Waals surface area contributed by atoms with Gasteiger partial charge in [0.15, 0.2) is 0 Å². The number of fused-ring (bicyclic) bond motifs is 3. The summed E-state index contributed by atoms with van der Waals surface area (Å²) >= 11 is 2.92. The van der Waals surface area contributed by atoms with E-state index in [0.717, 1.165) is 26.8 Å². The zero-order valence-corrected chi connectivity index (χ0v) is 24.7. The van der Waals surface area contributed by atoms with Gasteiger partial charge in [-0.15, -0.1) is 22.7 Å². The third kappa shape index (κ3) is 5.02. The summed E-state index contributed by atoms with van der Waals surface area (Å²) < 4.78 is 1.14. The number of hydrogen-bond acceptors (Lipinski definition) is 6. The van der Waals surface area contributed by atoms with E-state index in [1.54, 1.807) is 56.4 Å². The van der Waals surface area contributed by atoms with E-state index < -0.39 is 12.2 Å². The number of anilines is 1. The first kappa shape index (κ1) is 27.2. The van der Waals surface area contributed by atoms with Crippen LogP contribution in [0.3, 0.4) is 0 Å². The van der Waals surface area contributed by atoms with Gasteiger partial charge >= 0.3 is 6.03 Å². The molecule has 0 bridgehead atoms. The van der Waals surface area contributed by atoms with Gasteiger partial charge in [-0.05, 0) is 63.2 Å². The first-order valence-corrected chi connectivity index (χ1v) is 15.8. The van der Waals surface area contributed by atoms with Crippen molar-refractivity contribution in [2.75, 3.05) is 11.4 Å². The summed E-state index contributed by atoms with van der Waals surface area (Å²) in [7, 11) is 0. The fourth-order valence-electron chi connectivity index (χ4n) is 6.01. The van der Waals surface area contributed by atoms with Crippen molar-refractivity contribution in [1.82, 2.24) is 15.1 Å². The molecule has 7 rings (SSSR count). The number of amides is 4. The number of hydrogen-bond donors (Lipinski definition) is 2. The van der Waals surface area contributed by atoms with Gasteiger partial charge in [0.25, 0.3) is 5.91 Å². The van der Waals surface area contributed by atoms with Gasteiger partial charge < -0.3 is 20.2 Å². The van der Waals surface area contributed by atoms with Gasteiger partial charge in [-0.25, -0.2) is 4.79 Å². The number of phenols is 1. The van der Waals surface area contributed by atoms with Crippen molar-refractivity contribution >= 4 is 56.3 Å². The molecule has 0 spiro atoms. The van der Waals surface area contributed by atoms with Crippen LogP contribution in [0, 0.1) is 0 Å². The molecule has 8 nitrogen and oxygen atoms in total. The summed E-state index contributed by atoms with van der Waals surface area (Å²) in [6.45, 7) is 0.856. The molecule has 4 heterocycles. The molecule has 3 aromatic carbocycles. The molecule has 2 aliphatic heterocycles. The number of aromatic hydroxyl groups is 1. The molecule has 1 saturated heterocycles. The number of nitrogens with one attached hydrogen (secondary N) is 1. The minimum Gasteiger partial charge on any atom is -0.508 e. The Balaban J connectivity index is 1.27. The van der Waals surface area contributed by atoms with E-state index in [9.17, 15) is 19.5 Å². The summed E-state index contributed by atoms with van der Waals surface area (Å²) in [5, 5.41) is 17.8. The topological polar surface area (TPSA) is 93.2 Å². The predicted molar refractivity (Wildman–Crippen MR) is 168 cm³/mol. The first-order chi connectivity index (χ1) is 21.0. The molecule has 0 aliphatic carbocycles. The summed E-state index contributed by atoms with van der Waals surface area (Å²) in [5.74, 6) is -0.297. The maximum absolute atomic E-state index is 14.3. The highest BCUT2D eigenvalue weighted by molar-refractivity contribution is 7.17. The zero-order valence-electron chi connectivity index (χ0n) is 23.1. The van der Waals surface area contributed by atoms with Crippen LogP contribution in [0.15, 0.2) is 95.7 Å². The smallest absolute Gasteiger partial charge is 0.323 e. The number of carbonyl (C=O) groups is 3. The number of benzene rings is 3. The lowest BCUT2D eigenvalue weighted by Gasteiger charge is -2.51. The quantitative estimate of drug-likeness (QED) is 0.254. The maximum atomic E-state index is 14.3. The van der Waals surface area contributed by atoms with Crippen molar-refractivity contribution in [3.05, 3.63) is 117 Å². The average molecular weight is 609 g/mol. The molecular formula is C33H28N4O4S2. The molecule has 0 saturated carbocycles. The van der Waals surface area contributed by atoms with E-state index in [1.165, 1.54) is 11.3 Å². The van der Waals surface area contributed by atoms with Crippen LogP contribution >= 0.6 is 22.7 Å². The number of nitrogens with zero attached hydrogens (tertiary/aromatic N) is 3. The van der Waals surface area contributed by atoms with Gasteiger partial charge in [0, 0.05) is 24.2 Å². The number of piperazine rings is 1. The van der Waals surface area contributed by atoms with Crippen molar-refractivity contribution in [3.63, 3.8) is 0 Å². The van der Waals surface area contributed by atoms with Crippen LogP contribution in [-0.2, 0) is 24.3 Å². The fourth-order valence-corrected chi connectivity index (χ4v) is 7.67. The lowest BCUT2D eigenvalue weighted by Crippen LogP contribution is -2.71. The largest absolute Gasteiger partial charge is 0.508 e. The molecule has 0 radical (unpaired) electrons. The van der Waals surface area contributed by atoms with Gasteiger partial charge in [-0.2, -0.15) is 0 Å². The number of carbonyl (C=O) groups excluding carboxylic acids is 3. The molecule has 2 unspecified atom stereocenters. The van der Waals surface area contributed by atoms with Crippen molar-refractivity contribution in [2.24, 2.45) is 0 Å². The normalized spacial score (nSPS) is 18.1. The van der Waals surface area contributed by atoms with E-state index in [2.05, 4.69) is 17.4 Å². The molecular weight excluding hydrogens is 581 g/mol. The molecule has 2 aromatic heterocycles. The minimum atomic E-state index is -0.836. The van der Waals surface area contributed by atoms with Crippen LogP contribution in [0.4, 0.5) is 10.5 Å². The summed E-state index contributed by atoms with van der Waals surface area (Å²) in [6, 6.07) is 25.1. The van der Waals surface area contributed by atoms with Crippen molar-refractivity contribution in [3.8, 4) is 5.75 Å². The maximum Gasteiger partial charge on any atom is 0.323 e. The standard InChI is InChI=1S/C33H28N4O4S2/c38-24-11-9-21(10-12-24)17-27-31(39)35(19-23-7-4-8-28-25(23)13-15-42-28)20-29-36(27)32(40)30-26(14-16-43-30)37(29)33(41)34-18-22-5-2-1-3-6-22/h1-16,27,29,38H,17-20H2,(H,34,41). The first-order valence-electron chi connectivity index (χ1n) is 14.0. The third-order valence-corrected chi connectivity index (χ3v) is 9.86.